The molecule has 18 heavy (non-hydrogen) atoms. The summed E-state index contributed by atoms with van der Waals surface area (Å²) in [5.74, 6) is 0.729. The van der Waals surface area contributed by atoms with Crippen LogP contribution < -0.4 is 4.74 Å². The summed E-state index contributed by atoms with van der Waals surface area (Å²) in [6.07, 6.45) is 2.95. The number of hydrogen-bond acceptors (Lipinski definition) is 3. The summed E-state index contributed by atoms with van der Waals surface area (Å²) in [6.45, 7) is 4.22. The highest BCUT2D eigenvalue weighted by Gasteiger charge is 2.09. The van der Waals surface area contributed by atoms with Gasteiger partial charge in [0.15, 0.2) is 0 Å². The van der Waals surface area contributed by atoms with E-state index in [0.717, 1.165) is 22.4 Å². The molecule has 0 aliphatic heterocycles. The van der Waals surface area contributed by atoms with Crippen molar-refractivity contribution in [3.05, 3.63) is 59.4 Å². The van der Waals surface area contributed by atoms with Gasteiger partial charge in [-0.15, -0.1) is 0 Å². The quantitative estimate of drug-likeness (QED) is 0.897. The molecular weight excluding hydrogens is 226 g/mol. The van der Waals surface area contributed by atoms with Gasteiger partial charge in [0.1, 0.15) is 12.4 Å². The molecule has 0 saturated carbocycles. The van der Waals surface area contributed by atoms with Crippen LogP contribution >= 0.6 is 0 Å². The Morgan fingerprint density at radius 2 is 1.94 bits per heavy atom. The van der Waals surface area contributed by atoms with Crippen LogP contribution in [0.15, 0.2) is 42.7 Å². The van der Waals surface area contributed by atoms with E-state index in [0.29, 0.717) is 6.61 Å². The predicted octanol–water partition coefficient (Wildman–Crippen LogP) is 3.02. The normalized spacial score (nSPS) is 12.2. The number of aliphatic hydroxyl groups is 1. The molecule has 0 spiro atoms. The highest BCUT2D eigenvalue weighted by atomic mass is 16.5. The molecule has 1 heterocycles. The van der Waals surface area contributed by atoms with Gasteiger partial charge in [0.2, 0.25) is 0 Å². The summed E-state index contributed by atoms with van der Waals surface area (Å²) in [6, 6.07) is 9.66. The van der Waals surface area contributed by atoms with Gasteiger partial charge in [0, 0.05) is 18.0 Å². The molecule has 1 aromatic heterocycles. The van der Waals surface area contributed by atoms with E-state index in [9.17, 15) is 5.11 Å². The van der Waals surface area contributed by atoms with Gasteiger partial charge in [0.25, 0.3) is 0 Å². The van der Waals surface area contributed by atoms with Crippen LogP contribution in [0.5, 0.6) is 5.75 Å². The van der Waals surface area contributed by atoms with Gasteiger partial charge >= 0.3 is 0 Å². The molecule has 2 rings (SSSR count). The van der Waals surface area contributed by atoms with E-state index in [-0.39, 0.29) is 0 Å². The second-order valence-corrected chi connectivity index (χ2v) is 4.36. The zero-order chi connectivity index (χ0) is 13.0. The number of rotatable bonds is 4. The van der Waals surface area contributed by atoms with Crippen LogP contribution in [0, 0.1) is 6.92 Å². The molecule has 0 aliphatic carbocycles. The number of aliphatic hydroxyl groups excluding tert-OH is 1. The third-order valence-corrected chi connectivity index (χ3v) is 2.76. The maximum atomic E-state index is 9.74. The van der Waals surface area contributed by atoms with Crippen molar-refractivity contribution >= 4 is 0 Å². The average molecular weight is 243 g/mol. The molecule has 0 aliphatic rings. The Kier molecular flexibility index (Phi) is 3.95. The lowest BCUT2D eigenvalue weighted by atomic mass is 10.1. The highest BCUT2D eigenvalue weighted by molar-refractivity contribution is 5.38. The van der Waals surface area contributed by atoms with Crippen LogP contribution in [0.2, 0.25) is 0 Å². The molecule has 2 aromatic rings. The second kappa shape index (κ2) is 5.65. The summed E-state index contributed by atoms with van der Waals surface area (Å²) in [5.41, 5.74) is 2.99. The zero-order valence-electron chi connectivity index (χ0n) is 10.6. The minimum Gasteiger partial charge on any atom is -0.489 e. The largest absolute Gasteiger partial charge is 0.489 e. The maximum absolute atomic E-state index is 9.74. The molecule has 0 fully saturated rings. The zero-order valence-corrected chi connectivity index (χ0v) is 10.6. The first kappa shape index (κ1) is 12.6. The fraction of sp³-hybridized carbons (Fsp3) is 0.267. The van der Waals surface area contributed by atoms with Gasteiger partial charge in [-0.2, -0.15) is 0 Å². The third-order valence-electron chi connectivity index (χ3n) is 2.76. The van der Waals surface area contributed by atoms with Crippen molar-refractivity contribution in [2.75, 3.05) is 0 Å². The van der Waals surface area contributed by atoms with Crippen molar-refractivity contribution in [1.29, 1.82) is 0 Å². The van der Waals surface area contributed by atoms with Crippen molar-refractivity contribution in [2.45, 2.75) is 26.6 Å². The Bertz CT molecular complexity index is 509. The Morgan fingerprint density at radius 1 is 1.22 bits per heavy atom. The molecule has 3 heteroatoms. The molecule has 94 valence electrons. The number of ether oxygens (including phenoxy) is 1. The van der Waals surface area contributed by atoms with Crippen LogP contribution in [-0.2, 0) is 6.61 Å². The number of aryl methyl sites for hydroxylation is 1. The van der Waals surface area contributed by atoms with Crippen LogP contribution in [-0.4, -0.2) is 10.1 Å². The van der Waals surface area contributed by atoms with Crippen molar-refractivity contribution < 1.29 is 9.84 Å². The summed E-state index contributed by atoms with van der Waals surface area (Å²) >= 11 is 0. The molecule has 0 radical (unpaired) electrons. The molecule has 1 N–H and O–H groups in total. The minimum absolute atomic E-state index is 0.477. The van der Waals surface area contributed by atoms with Crippen molar-refractivity contribution in [3.63, 3.8) is 0 Å². The molecular formula is C15H17NO2. The first-order chi connectivity index (χ1) is 8.66. The fourth-order valence-electron chi connectivity index (χ4n) is 1.77. The van der Waals surface area contributed by atoms with E-state index in [4.69, 9.17) is 4.74 Å². The number of aromatic nitrogens is 1. The van der Waals surface area contributed by atoms with Gasteiger partial charge in [-0.05, 0) is 43.7 Å². The standard InChI is InChI=1S/C15H17NO2/c1-11-3-4-15(14(9-11)12(2)17)18-10-13-5-7-16-8-6-13/h3-9,12,17H,10H2,1-2H3. The average Bonchev–Trinajstić information content (AvgIpc) is 2.38. The Labute approximate surface area is 107 Å². The van der Waals surface area contributed by atoms with Gasteiger partial charge in [-0.3, -0.25) is 4.98 Å². The van der Waals surface area contributed by atoms with Crippen LogP contribution in [0.3, 0.4) is 0 Å². The van der Waals surface area contributed by atoms with Gasteiger partial charge in [-0.1, -0.05) is 11.6 Å². The Balaban J connectivity index is 2.14. The van der Waals surface area contributed by atoms with Crippen LogP contribution in [0.25, 0.3) is 0 Å². The van der Waals surface area contributed by atoms with E-state index < -0.39 is 6.10 Å². The third kappa shape index (κ3) is 3.08. The lowest BCUT2D eigenvalue weighted by Crippen LogP contribution is -2.01. The summed E-state index contributed by atoms with van der Waals surface area (Å²) in [5, 5.41) is 9.74. The van der Waals surface area contributed by atoms with Crippen molar-refractivity contribution in [3.8, 4) is 5.75 Å². The van der Waals surface area contributed by atoms with Crippen molar-refractivity contribution in [1.82, 2.24) is 4.98 Å². The number of hydrogen-bond donors (Lipinski definition) is 1. The molecule has 1 unspecified atom stereocenters. The van der Waals surface area contributed by atoms with E-state index in [1.165, 1.54) is 0 Å². The summed E-state index contributed by atoms with van der Waals surface area (Å²) < 4.78 is 5.75. The second-order valence-electron chi connectivity index (χ2n) is 4.36. The number of pyridine rings is 1. The van der Waals surface area contributed by atoms with Gasteiger partial charge in [-0.25, -0.2) is 0 Å². The maximum Gasteiger partial charge on any atom is 0.125 e. The van der Waals surface area contributed by atoms with Gasteiger partial charge < -0.3 is 9.84 Å². The molecule has 1 atom stereocenters. The molecule has 0 bridgehead atoms. The smallest absolute Gasteiger partial charge is 0.125 e. The lowest BCUT2D eigenvalue weighted by molar-refractivity contribution is 0.190. The molecule has 1 aromatic carbocycles. The lowest BCUT2D eigenvalue weighted by Gasteiger charge is -2.14. The first-order valence-corrected chi connectivity index (χ1v) is 5.97. The van der Waals surface area contributed by atoms with Crippen molar-refractivity contribution in [2.24, 2.45) is 0 Å². The van der Waals surface area contributed by atoms with Gasteiger partial charge in [0.05, 0.1) is 6.10 Å². The van der Waals surface area contributed by atoms with Crippen LogP contribution in [0.1, 0.15) is 29.7 Å². The molecule has 0 amide bonds. The fourth-order valence-corrected chi connectivity index (χ4v) is 1.77. The van der Waals surface area contributed by atoms with Crippen LogP contribution in [0.4, 0.5) is 0 Å². The van der Waals surface area contributed by atoms with E-state index >= 15 is 0 Å². The Morgan fingerprint density at radius 3 is 2.61 bits per heavy atom. The first-order valence-electron chi connectivity index (χ1n) is 5.97. The SMILES string of the molecule is Cc1ccc(OCc2ccncc2)c(C(C)O)c1. The monoisotopic (exact) mass is 243 g/mol. The molecule has 3 nitrogen and oxygen atoms in total. The van der Waals surface area contributed by atoms with E-state index in [2.05, 4.69) is 4.98 Å². The molecule has 0 saturated heterocycles. The van der Waals surface area contributed by atoms with E-state index in [1.54, 1.807) is 19.3 Å². The number of nitrogens with zero attached hydrogens (tertiary/aromatic N) is 1. The predicted molar refractivity (Wildman–Crippen MR) is 70.4 cm³/mol. The van der Waals surface area contributed by atoms with E-state index in [1.807, 2.05) is 37.3 Å². The summed E-state index contributed by atoms with van der Waals surface area (Å²) in [7, 11) is 0. The Hall–Kier alpha value is -1.87. The minimum atomic E-state index is -0.530. The number of benzene rings is 1. The summed E-state index contributed by atoms with van der Waals surface area (Å²) in [4.78, 5) is 3.96. The topological polar surface area (TPSA) is 42.4 Å². The highest BCUT2D eigenvalue weighted by Crippen LogP contribution is 2.26.